The Morgan fingerprint density at radius 1 is 1.29 bits per heavy atom. The molecule has 2 aliphatic rings. The third-order valence-corrected chi connectivity index (χ3v) is 4.44. The second-order valence-electron chi connectivity index (χ2n) is 5.22. The lowest BCUT2D eigenvalue weighted by Crippen LogP contribution is -2.33. The molecule has 0 spiro atoms. The SMILES string of the molecule is COc1ccc(C2(O)CCC3CNCC32)cc1. The van der Waals surface area contributed by atoms with Gasteiger partial charge in [-0.3, -0.25) is 0 Å². The third-order valence-electron chi connectivity index (χ3n) is 4.44. The molecule has 3 rings (SSSR count). The minimum absolute atomic E-state index is 0.371. The van der Waals surface area contributed by atoms with Crippen molar-refractivity contribution in [1.29, 1.82) is 0 Å². The zero-order chi connectivity index (χ0) is 11.9. The topological polar surface area (TPSA) is 41.5 Å². The normalized spacial score (nSPS) is 35.9. The average molecular weight is 233 g/mol. The minimum Gasteiger partial charge on any atom is -0.497 e. The monoisotopic (exact) mass is 233 g/mol. The maximum absolute atomic E-state index is 10.9. The lowest BCUT2D eigenvalue weighted by Gasteiger charge is -2.30. The predicted molar refractivity (Wildman–Crippen MR) is 66.0 cm³/mol. The number of rotatable bonds is 2. The zero-order valence-corrected chi connectivity index (χ0v) is 10.1. The van der Waals surface area contributed by atoms with Crippen LogP contribution < -0.4 is 10.1 Å². The summed E-state index contributed by atoms with van der Waals surface area (Å²) in [5.74, 6) is 1.86. The summed E-state index contributed by atoms with van der Waals surface area (Å²) >= 11 is 0. The smallest absolute Gasteiger partial charge is 0.118 e. The number of ether oxygens (including phenoxy) is 1. The van der Waals surface area contributed by atoms with Crippen LogP contribution in [0, 0.1) is 11.8 Å². The molecule has 1 heterocycles. The number of hydrogen-bond donors (Lipinski definition) is 2. The molecule has 2 N–H and O–H groups in total. The van der Waals surface area contributed by atoms with Crippen LogP contribution in [0.3, 0.4) is 0 Å². The van der Waals surface area contributed by atoms with Crippen LogP contribution in [0.1, 0.15) is 18.4 Å². The highest BCUT2D eigenvalue weighted by atomic mass is 16.5. The molecule has 1 aliphatic carbocycles. The van der Waals surface area contributed by atoms with Crippen LogP contribution in [0.2, 0.25) is 0 Å². The van der Waals surface area contributed by atoms with E-state index in [2.05, 4.69) is 5.32 Å². The van der Waals surface area contributed by atoms with Crippen molar-refractivity contribution in [2.24, 2.45) is 11.8 Å². The molecule has 1 aromatic rings. The van der Waals surface area contributed by atoms with E-state index in [1.54, 1.807) is 7.11 Å². The van der Waals surface area contributed by atoms with Crippen LogP contribution in [0.25, 0.3) is 0 Å². The largest absolute Gasteiger partial charge is 0.497 e. The molecular weight excluding hydrogens is 214 g/mol. The van der Waals surface area contributed by atoms with Gasteiger partial charge in [0, 0.05) is 12.5 Å². The number of aliphatic hydroxyl groups is 1. The standard InChI is InChI=1S/C14H19NO2/c1-17-12-4-2-11(3-5-12)14(16)7-6-10-8-15-9-13(10)14/h2-5,10,13,15-16H,6-9H2,1H3. The van der Waals surface area contributed by atoms with Crippen molar-refractivity contribution in [1.82, 2.24) is 5.32 Å². The molecule has 0 bridgehead atoms. The molecule has 3 nitrogen and oxygen atoms in total. The minimum atomic E-state index is -0.638. The van der Waals surface area contributed by atoms with E-state index in [1.165, 1.54) is 0 Å². The predicted octanol–water partition coefficient (Wildman–Crippen LogP) is 1.51. The Labute approximate surface area is 102 Å². The Hall–Kier alpha value is -1.06. The Morgan fingerprint density at radius 2 is 2.06 bits per heavy atom. The van der Waals surface area contributed by atoms with Gasteiger partial charge in [-0.25, -0.2) is 0 Å². The molecule has 1 saturated heterocycles. The first-order chi connectivity index (χ1) is 8.24. The highest BCUT2D eigenvalue weighted by Crippen LogP contribution is 2.48. The first-order valence-corrected chi connectivity index (χ1v) is 6.31. The van der Waals surface area contributed by atoms with Crippen LogP contribution in [-0.4, -0.2) is 25.3 Å². The van der Waals surface area contributed by atoms with Gasteiger partial charge in [-0.1, -0.05) is 12.1 Å². The van der Waals surface area contributed by atoms with Crippen LogP contribution >= 0.6 is 0 Å². The van der Waals surface area contributed by atoms with E-state index in [-0.39, 0.29) is 0 Å². The summed E-state index contributed by atoms with van der Waals surface area (Å²) in [7, 11) is 1.66. The van der Waals surface area contributed by atoms with Gasteiger partial charge in [0.25, 0.3) is 0 Å². The van der Waals surface area contributed by atoms with Gasteiger partial charge in [0.05, 0.1) is 12.7 Å². The summed E-state index contributed by atoms with van der Waals surface area (Å²) in [4.78, 5) is 0. The van der Waals surface area contributed by atoms with Gasteiger partial charge in [0.2, 0.25) is 0 Å². The van der Waals surface area contributed by atoms with Crippen molar-refractivity contribution in [2.45, 2.75) is 18.4 Å². The van der Waals surface area contributed by atoms with Gasteiger partial charge in [-0.2, -0.15) is 0 Å². The molecule has 1 aromatic carbocycles. The molecule has 0 aromatic heterocycles. The molecule has 17 heavy (non-hydrogen) atoms. The van der Waals surface area contributed by atoms with Crippen molar-refractivity contribution in [3.8, 4) is 5.75 Å². The van der Waals surface area contributed by atoms with Gasteiger partial charge >= 0.3 is 0 Å². The molecule has 3 unspecified atom stereocenters. The van der Waals surface area contributed by atoms with Gasteiger partial charge in [-0.15, -0.1) is 0 Å². The lowest BCUT2D eigenvalue weighted by atomic mass is 9.82. The van der Waals surface area contributed by atoms with Gasteiger partial charge in [0.15, 0.2) is 0 Å². The molecule has 0 radical (unpaired) electrons. The molecule has 1 aliphatic heterocycles. The number of fused-ring (bicyclic) bond motifs is 1. The molecule has 0 amide bonds. The number of methoxy groups -OCH3 is 1. The van der Waals surface area contributed by atoms with Gasteiger partial charge in [-0.05, 0) is 43.0 Å². The second kappa shape index (κ2) is 4.00. The molecule has 3 heteroatoms. The van der Waals surface area contributed by atoms with Crippen LogP contribution in [-0.2, 0) is 5.60 Å². The van der Waals surface area contributed by atoms with E-state index < -0.39 is 5.60 Å². The fraction of sp³-hybridized carbons (Fsp3) is 0.571. The molecule has 1 saturated carbocycles. The average Bonchev–Trinajstić information content (AvgIpc) is 2.95. The first-order valence-electron chi connectivity index (χ1n) is 6.31. The lowest BCUT2D eigenvalue weighted by molar-refractivity contribution is -0.00193. The highest BCUT2D eigenvalue weighted by molar-refractivity contribution is 5.32. The molecule has 2 fully saturated rings. The van der Waals surface area contributed by atoms with E-state index in [4.69, 9.17) is 4.74 Å². The summed E-state index contributed by atoms with van der Waals surface area (Å²) in [6, 6.07) is 7.87. The molecular formula is C14H19NO2. The number of benzene rings is 1. The Kier molecular flexibility index (Phi) is 2.60. The van der Waals surface area contributed by atoms with Crippen molar-refractivity contribution < 1.29 is 9.84 Å². The van der Waals surface area contributed by atoms with Crippen molar-refractivity contribution in [3.63, 3.8) is 0 Å². The summed E-state index contributed by atoms with van der Waals surface area (Å²) < 4.78 is 5.16. The number of hydrogen-bond acceptors (Lipinski definition) is 3. The first kappa shape index (κ1) is 11.1. The summed E-state index contributed by atoms with van der Waals surface area (Å²) in [6.07, 6.45) is 2.01. The van der Waals surface area contributed by atoms with E-state index in [1.807, 2.05) is 24.3 Å². The molecule has 3 atom stereocenters. The van der Waals surface area contributed by atoms with E-state index in [9.17, 15) is 5.11 Å². The third kappa shape index (κ3) is 1.65. The molecule has 92 valence electrons. The Bertz CT molecular complexity index is 403. The fourth-order valence-electron chi connectivity index (χ4n) is 3.42. The van der Waals surface area contributed by atoms with Gasteiger partial charge < -0.3 is 15.2 Å². The van der Waals surface area contributed by atoms with E-state index >= 15 is 0 Å². The second-order valence-corrected chi connectivity index (χ2v) is 5.22. The van der Waals surface area contributed by atoms with E-state index in [0.29, 0.717) is 11.8 Å². The van der Waals surface area contributed by atoms with Gasteiger partial charge in [0.1, 0.15) is 5.75 Å². The Morgan fingerprint density at radius 3 is 2.76 bits per heavy atom. The summed E-state index contributed by atoms with van der Waals surface area (Å²) in [5, 5.41) is 14.3. The Balaban J connectivity index is 1.91. The zero-order valence-electron chi connectivity index (χ0n) is 10.1. The van der Waals surface area contributed by atoms with E-state index in [0.717, 1.165) is 37.2 Å². The quantitative estimate of drug-likeness (QED) is 0.813. The van der Waals surface area contributed by atoms with Crippen LogP contribution in [0.5, 0.6) is 5.75 Å². The fourth-order valence-corrected chi connectivity index (χ4v) is 3.42. The highest BCUT2D eigenvalue weighted by Gasteiger charge is 2.50. The maximum atomic E-state index is 10.9. The van der Waals surface area contributed by atoms with Crippen molar-refractivity contribution >= 4 is 0 Å². The summed E-state index contributed by atoms with van der Waals surface area (Å²) in [5.41, 5.74) is 0.398. The van der Waals surface area contributed by atoms with Crippen LogP contribution in [0.4, 0.5) is 0 Å². The number of nitrogens with one attached hydrogen (secondary N) is 1. The summed E-state index contributed by atoms with van der Waals surface area (Å²) in [6.45, 7) is 2.00. The van der Waals surface area contributed by atoms with Crippen LogP contribution in [0.15, 0.2) is 24.3 Å². The van der Waals surface area contributed by atoms with Crippen molar-refractivity contribution in [2.75, 3.05) is 20.2 Å². The van der Waals surface area contributed by atoms with Crippen molar-refractivity contribution in [3.05, 3.63) is 29.8 Å². The maximum Gasteiger partial charge on any atom is 0.118 e.